The monoisotopic (exact) mass is 375 g/mol. The highest BCUT2D eigenvalue weighted by atomic mass is 16.6. The van der Waals surface area contributed by atoms with Gasteiger partial charge in [-0.05, 0) is 41.7 Å². The maximum atomic E-state index is 12.4. The molecule has 1 aliphatic carbocycles. The van der Waals surface area contributed by atoms with Crippen molar-refractivity contribution >= 4 is 17.7 Å². The van der Waals surface area contributed by atoms with E-state index in [4.69, 9.17) is 4.74 Å². The van der Waals surface area contributed by atoms with Gasteiger partial charge in [-0.25, -0.2) is 4.79 Å². The van der Waals surface area contributed by atoms with Crippen molar-refractivity contribution in [1.82, 2.24) is 5.32 Å². The largest absolute Gasteiger partial charge is 0.442 e. The third kappa shape index (κ3) is 3.31. The molecule has 4 rings (SSSR count). The number of carbonyl (C=O) groups is 2. The summed E-state index contributed by atoms with van der Waals surface area (Å²) >= 11 is 0. The summed E-state index contributed by atoms with van der Waals surface area (Å²) in [5.74, 6) is -0.156. The highest BCUT2D eigenvalue weighted by Crippen LogP contribution is 2.51. The molecule has 0 aromatic heterocycles. The van der Waals surface area contributed by atoms with Crippen molar-refractivity contribution in [3.8, 4) is 17.2 Å². The Kier molecular flexibility index (Phi) is 4.52. The second kappa shape index (κ2) is 7.01. The summed E-state index contributed by atoms with van der Waals surface area (Å²) < 4.78 is 5.38. The fourth-order valence-electron chi connectivity index (χ4n) is 3.64. The Labute approximate surface area is 163 Å². The number of cyclic esters (lactones) is 1. The quantitative estimate of drug-likeness (QED) is 0.869. The van der Waals surface area contributed by atoms with Crippen LogP contribution in [0.15, 0.2) is 48.5 Å². The van der Waals surface area contributed by atoms with Gasteiger partial charge in [-0.2, -0.15) is 5.26 Å². The Morgan fingerprint density at radius 1 is 1.29 bits per heavy atom. The van der Waals surface area contributed by atoms with Gasteiger partial charge in [0.25, 0.3) is 0 Å². The van der Waals surface area contributed by atoms with Crippen LogP contribution in [0.4, 0.5) is 10.5 Å². The molecule has 28 heavy (non-hydrogen) atoms. The van der Waals surface area contributed by atoms with Gasteiger partial charge in [0.15, 0.2) is 0 Å². The number of rotatable bonds is 5. The number of anilines is 1. The number of hydrogen-bond acceptors (Lipinski definition) is 4. The zero-order valence-electron chi connectivity index (χ0n) is 15.6. The summed E-state index contributed by atoms with van der Waals surface area (Å²) in [6, 6.07) is 18.2. The molecule has 2 amide bonds. The van der Waals surface area contributed by atoms with Gasteiger partial charge in [0.1, 0.15) is 6.10 Å². The van der Waals surface area contributed by atoms with Crippen molar-refractivity contribution < 1.29 is 14.3 Å². The van der Waals surface area contributed by atoms with E-state index in [0.717, 1.165) is 35.2 Å². The van der Waals surface area contributed by atoms with Crippen LogP contribution in [0.1, 0.15) is 25.3 Å². The van der Waals surface area contributed by atoms with E-state index in [1.54, 1.807) is 4.90 Å². The Morgan fingerprint density at radius 3 is 2.68 bits per heavy atom. The molecule has 0 bridgehead atoms. The molecule has 0 spiro atoms. The third-order valence-electron chi connectivity index (χ3n) is 5.33. The number of hydrogen-bond donors (Lipinski definition) is 1. The van der Waals surface area contributed by atoms with Crippen LogP contribution < -0.4 is 10.2 Å². The van der Waals surface area contributed by atoms with E-state index < -0.39 is 11.5 Å². The second-order valence-electron chi connectivity index (χ2n) is 7.34. The summed E-state index contributed by atoms with van der Waals surface area (Å²) in [4.78, 5) is 25.1. The van der Waals surface area contributed by atoms with Crippen LogP contribution in [0.2, 0.25) is 0 Å². The molecular weight excluding hydrogens is 354 g/mol. The molecule has 2 aliphatic rings. The van der Waals surface area contributed by atoms with E-state index in [1.165, 1.54) is 6.92 Å². The number of nitrogens with one attached hydrogen (secondary N) is 1. The molecular formula is C22H21N3O3. The molecule has 2 aromatic rings. The zero-order valence-corrected chi connectivity index (χ0v) is 15.6. The molecule has 1 saturated carbocycles. The van der Waals surface area contributed by atoms with E-state index in [1.807, 2.05) is 48.5 Å². The predicted octanol–water partition coefficient (Wildman–Crippen LogP) is 3.37. The summed E-state index contributed by atoms with van der Waals surface area (Å²) in [5, 5.41) is 12.4. The average molecular weight is 375 g/mol. The van der Waals surface area contributed by atoms with E-state index in [-0.39, 0.29) is 12.0 Å². The molecule has 0 radical (unpaired) electrons. The first-order chi connectivity index (χ1) is 13.5. The van der Waals surface area contributed by atoms with Gasteiger partial charge >= 0.3 is 6.09 Å². The third-order valence-corrected chi connectivity index (χ3v) is 5.33. The maximum Gasteiger partial charge on any atom is 0.414 e. The number of benzene rings is 2. The van der Waals surface area contributed by atoms with Crippen molar-refractivity contribution in [3.63, 3.8) is 0 Å². The Bertz CT molecular complexity index is 961. The van der Waals surface area contributed by atoms with Gasteiger partial charge in [0.2, 0.25) is 5.91 Å². The lowest BCUT2D eigenvalue weighted by molar-refractivity contribution is -0.119. The van der Waals surface area contributed by atoms with Crippen LogP contribution in [0.3, 0.4) is 0 Å². The fraction of sp³-hybridized carbons (Fsp3) is 0.318. The minimum Gasteiger partial charge on any atom is -0.442 e. The lowest BCUT2D eigenvalue weighted by atomic mass is 9.88. The molecule has 1 unspecified atom stereocenters. The number of nitrogens with zero attached hydrogens (tertiary/aromatic N) is 2. The molecule has 6 nitrogen and oxygen atoms in total. The molecule has 6 heteroatoms. The minimum absolute atomic E-state index is 0.156. The lowest BCUT2D eigenvalue weighted by Gasteiger charge is -2.19. The minimum atomic E-state index is -0.427. The van der Waals surface area contributed by atoms with Crippen molar-refractivity contribution in [2.24, 2.45) is 0 Å². The van der Waals surface area contributed by atoms with Gasteiger partial charge in [-0.3, -0.25) is 9.69 Å². The number of nitriles is 1. The van der Waals surface area contributed by atoms with E-state index in [9.17, 15) is 14.9 Å². The molecule has 1 aliphatic heterocycles. The molecule has 1 heterocycles. The van der Waals surface area contributed by atoms with Crippen LogP contribution >= 0.6 is 0 Å². The fourth-order valence-corrected chi connectivity index (χ4v) is 3.64. The number of amides is 2. The van der Waals surface area contributed by atoms with Crippen molar-refractivity contribution in [3.05, 3.63) is 54.1 Å². The first-order valence-electron chi connectivity index (χ1n) is 9.36. The zero-order chi connectivity index (χ0) is 19.7. The van der Waals surface area contributed by atoms with Crippen LogP contribution in [-0.2, 0) is 14.9 Å². The molecule has 1 atom stereocenters. The molecule has 1 saturated heterocycles. The van der Waals surface area contributed by atoms with Crippen molar-refractivity contribution in [1.29, 1.82) is 5.26 Å². The number of carbonyl (C=O) groups excluding carboxylic acids is 2. The molecule has 1 N–H and O–H groups in total. The van der Waals surface area contributed by atoms with Crippen molar-refractivity contribution in [2.75, 3.05) is 18.0 Å². The standard InChI is InChI=1S/C22H21N3O3/c1-15(26)24-12-18-13-25(21(27)28-18)17-7-8-20(22(14-23)9-10-22)19(11-17)16-5-3-2-4-6-16/h2-8,11,18H,9-10,12-13H2,1H3,(H,24,26). The highest BCUT2D eigenvalue weighted by Gasteiger charge is 2.46. The van der Waals surface area contributed by atoms with Gasteiger partial charge in [-0.15, -0.1) is 0 Å². The topological polar surface area (TPSA) is 82.4 Å². The predicted molar refractivity (Wildman–Crippen MR) is 105 cm³/mol. The summed E-state index contributed by atoms with van der Waals surface area (Å²) in [7, 11) is 0. The summed E-state index contributed by atoms with van der Waals surface area (Å²) in [5.41, 5.74) is 3.29. The van der Waals surface area contributed by atoms with E-state index >= 15 is 0 Å². The summed E-state index contributed by atoms with van der Waals surface area (Å²) in [6.45, 7) is 2.09. The smallest absolute Gasteiger partial charge is 0.414 e. The first-order valence-corrected chi connectivity index (χ1v) is 9.36. The van der Waals surface area contributed by atoms with E-state index in [0.29, 0.717) is 13.1 Å². The van der Waals surface area contributed by atoms with Crippen LogP contribution in [0, 0.1) is 11.3 Å². The van der Waals surface area contributed by atoms with Crippen LogP contribution in [0.5, 0.6) is 0 Å². The molecule has 2 fully saturated rings. The second-order valence-corrected chi connectivity index (χ2v) is 7.34. The van der Waals surface area contributed by atoms with Gasteiger partial charge in [-0.1, -0.05) is 36.4 Å². The Balaban J connectivity index is 1.67. The van der Waals surface area contributed by atoms with Gasteiger partial charge in [0, 0.05) is 12.6 Å². The SMILES string of the molecule is CC(=O)NCC1CN(c2ccc(C3(C#N)CC3)c(-c3ccccc3)c2)C(=O)O1. The van der Waals surface area contributed by atoms with Crippen LogP contribution in [0.25, 0.3) is 11.1 Å². The lowest BCUT2D eigenvalue weighted by Crippen LogP contribution is -2.33. The Morgan fingerprint density at radius 2 is 2.04 bits per heavy atom. The van der Waals surface area contributed by atoms with Crippen LogP contribution in [-0.4, -0.2) is 31.2 Å². The van der Waals surface area contributed by atoms with E-state index in [2.05, 4.69) is 11.4 Å². The number of ether oxygens (including phenoxy) is 1. The first kappa shape index (κ1) is 18.1. The molecule has 2 aromatic carbocycles. The van der Waals surface area contributed by atoms with Crippen molar-refractivity contribution in [2.45, 2.75) is 31.3 Å². The van der Waals surface area contributed by atoms with Gasteiger partial charge in [0.05, 0.1) is 24.6 Å². The average Bonchev–Trinajstić information content (AvgIpc) is 3.42. The Hall–Kier alpha value is -3.33. The van der Waals surface area contributed by atoms with Gasteiger partial charge < -0.3 is 10.1 Å². The molecule has 142 valence electrons. The highest BCUT2D eigenvalue weighted by molar-refractivity contribution is 5.91. The maximum absolute atomic E-state index is 12.4. The normalized spacial score (nSPS) is 19.6. The summed E-state index contributed by atoms with van der Waals surface area (Å²) in [6.07, 6.45) is 0.897.